The number of nitrogen functional groups attached to an aromatic ring is 1. The van der Waals surface area contributed by atoms with Crippen LogP contribution in [-0.2, 0) is 0 Å². The van der Waals surface area contributed by atoms with E-state index in [1.165, 1.54) is 0 Å². The van der Waals surface area contributed by atoms with Crippen LogP contribution in [0, 0.1) is 0 Å². The van der Waals surface area contributed by atoms with Gasteiger partial charge in [-0.2, -0.15) is 0 Å². The quantitative estimate of drug-likeness (QED) is 0.719. The molecule has 0 aliphatic rings. The zero-order valence-electron chi connectivity index (χ0n) is 8.94. The zero-order valence-corrected chi connectivity index (χ0v) is 10.5. The Labute approximate surface area is 107 Å². The number of halogens is 1. The van der Waals surface area contributed by atoms with Gasteiger partial charge in [0.15, 0.2) is 5.95 Å². The highest BCUT2D eigenvalue weighted by Crippen LogP contribution is 2.29. The summed E-state index contributed by atoms with van der Waals surface area (Å²) in [5.41, 5.74) is 9.75. The number of benzene rings is 2. The van der Waals surface area contributed by atoms with Gasteiger partial charge in [0, 0.05) is 4.47 Å². The molecule has 4 heteroatoms. The molecule has 0 saturated carbocycles. The summed E-state index contributed by atoms with van der Waals surface area (Å²) in [4.78, 5) is 7.24. The molecular formula is C13H10BrN3. The predicted octanol–water partition coefficient (Wildman–Crippen LogP) is 3.57. The molecule has 0 saturated heterocycles. The molecule has 17 heavy (non-hydrogen) atoms. The van der Waals surface area contributed by atoms with Crippen molar-refractivity contribution in [3.05, 3.63) is 46.9 Å². The first-order valence-corrected chi connectivity index (χ1v) is 6.03. The van der Waals surface area contributed by atoms with Gasteiger partial charge < -0.3 is 10.7 Å². The Kier molecular flexibility index (Phi) is 2.37. The van der Waals surface area contributed by atoms with Gasteiger partial charge in [0.05, 0.1) is 11.0 Å². The average Bonchev–Trinajstić information content (AvgIpc) is 2.68. The van der Waals surface area contributed by atoms with Crippen molar-refractivity contribution in [1.82, 2.24) is 9.97 Å². The van der Waals surface area contributed by atoms with Crippen LogP contribution in [0.5, 0.6) is 0 Å². The molecule has 84 valence electrons. The fraction of sp³-hybridized carbons (Fsp3) is 0. The third-order valence-corrected chi connectivity index (χ3v) is 3.38. The number of fused-ring (bicyclic) bond motifs is 1. The molecular weight excluding hydrogens is 278 g/mol. The lowest BCUT2D eigenvalue weighted by atomic mass is 10.1. The molecule has 0 aliphatic heterocycles. The Bertz CT molecular complexity index is 688. The van der Waals surface area contributed by atoms with E-state index in [1.54, 1.807) is 0 Å². The number of nitrogens with zero attached hydrogens (tertiary/aromatic N) is 1. The van der Waals surface area contributed by atoms with Gasteiger partial charge in [-0.3, -0.25) is 0 Å². The number of H-pyrrole nitrogens is 1. The normalized spacial score (nSPS) is 10.9. The number of hydrogen-bond acceptors (Lipinski definition) is 2. The summed E-state index contributed by atoms with van der Waals surface area (Å²) in [6.45, 7) is 0. The van der Waals surface area contributed by atoms with E-state index >= 15 is 0 Å². The highest BCUT2D eigenvalue weighted by atomic mass is 79.9. The van der Waals surface area contributed by atoms with Gasteiger partial charge in [-0.25, -0.2) is 4.98 Å². The van der Waals surface area contributed by atoms with Gasteiger partial charge >= 0.3 is 0 Å². The summed E-state index contributed by atoms with van der Waals surface area (Å²) in [6.07, 6.45) is 0. The van der Waals surface area contributed by atoms with Crippen LogP contribution in [0.3, 0.4) is 0 Å². The topological polar surface area (TPSA) is 54.7 Å². The summed E-state index contributed by atoms with van der Waals surface area (Å²) in [6, 6.07) is 14.2. The van der Waals surface area contributed by atoms with E-state index in [0.29, 0.717) is 5.95 Å². The van der Waals surface area contributed by atoms with E-state index in [-0.39, 0.29) is 0 Å². The number of nitrogens with two attached hydrogens (primary N) is 1. The number of aromatic nitrogens is 2. The minimum Gasteiger partial charge on any atom is -0.369 e. The lowest BCUT2D eigenvalue weighted by molar-refractivity contribution is 1.35. The Morgan fingerprint density at radius 2 is 1.94 bits per heavy atom. The Hall–Kier alpha value is -1.81. The number of nitrogens with one attached hydrogen (secondary N) is 1. The third-order valence-electron chi connectivity index (χ3n) is 2.69. The Morgan fingerprint density at radius 3 is 2.76 bits per heavy atom. The molecule has 2 aromatic carbocycles. The van der Waals surface area contributed by atoms with Crippen molar-refractivity contribution in [1.29, 1.82) is 0 Å². The monoisotopic (exact) mass is 287 g/mol. The minimum absolute atomic E-state index is 0.448. The molecule has 1 aromatic heterocycles. The number of aromatic amines is 1. The number of anilines is 1. The molecule has 0 amide bonds. The van der Waals surface area contributed by atoms with Gasteiger partial charge in [0.25, 0.3) is 0 Å². The Balaban J connectivity index is 2.21. The molecule has 0 unspecified atom stereocenters. The molecule has 3 aromatic rings. The highest BCUT2D eigenvalue weighted by molar-refractivity contribution is 9.10. The molecule has 0 aliphatic carbocycles. The maximum Gasteiger partial charge on any atom is 0.198 e. The van der Waals surface area contributed by atoms with Crippen molar-refractivity contribution in [2.75, 3.05) is 5.73 Å². The van der Waals surface area contributed by atoms with Crippen molar-refractivity contribution in [2.45, 2.75) is 0 Å². The van der Waals surface area contributed by atoms with E-state index in [4.69, 9.17) is 5.73 Å². The van der Waals surface area contributed by atoms with E-state index in [9.17, 15) is 0 Å². The lowest BCUT2D eigenvalue weighted by Gasteiger charge is -2.03. The molecule has 3 nitrogen and oxygen atoms in total. The largest absolute Gasteiger partial charge is 0.369 e. The van der Waals surface area contributed by atoms with Crippen molar-refractivity contribution in [3.63, 3.8) is 0 Å². The third kappa shape index (κ3) is 1.80. The van der Waals surface area contributed by atoms with E-state index in [0.717, 1.165) is 26.6 Å². The second-order valence-corrected chi connectivity index (χ2v) is 4.69. The second kappa shape index (κ2) is 3.89. The van der Waals surface area contributed by atoms with Crippen LogP contribution in [0.2, 0.25) is 0 Å². The first-order valence-electron chi connectivity index (χ1n) is 5.24. The summed E-state index contributed by atoms with van der Waals surface area (Å²) in [5.74, 6) is 0.448. The fourth-order valence-corrected chi connectivity index (χ4v) is 2.40. The van der Waals surface area contributed by atoms with Gasteiger partial charge in [-0.05, 0) is 29.3 Å². The molecule has 3 N–H and O–H groups in total. The van der Waals surface area contributed by atoms with Crippen LogP contribution in [0.25, 0.3) is 22.2 Å². The summed E-state index contributed by atoms with van der Waals surface area (Å²) in [5, 5.41) is 0. The van der Waals surface area contributed by atoms with Gasteiger partial charge in [-0.15, -0.1) is 0 Å². The van der Waals surface area contributed by atoms with E-state index in [2.05, 4.69) is 38.0 Å². The second-order valence-electron chi connectivity index (χ2n) is 3.83. The maximum absolute atomic E-state index is 5.63. The maximum atomic E-state index is 5.63. The number of rotatable bonds is 1. The highest BCUT2D eigenvalue weighted by Gasteiger charge is 2.05. The molecule has 0 fully saturated rings. The van der Waals surface area contributed by atoms with Crippen molar-refractivity contribution in [3.8, 4) is 11.1 Å². The molecule has 3 rings (SSSR count). The van der Waals surface area contributed by atoms with Gasteiger partial charge in [0.2, 0.25) is 0 Å². The van der Waals surface area contributed by atoms with Crippen LogP contribution >= 0.6 is 15.9 Å². The van der Waals surface area contributed by atoms with Crippen molar-refractivity contribution in [2.24, 2.45) is 0 Å². The first-order chi connectivity index (χ1) is 8.24. The zero-order chi connectivity index (χ0) is 11.8. The van der Waals surface area contributed by atoms with Gasteiger partial charge in [0.1, 0.15) is 0 Å². The molecule has 0 atom stereocenters. The smallest absolute Gasteiger partial charge is 0.198 e. The van der Waals surface area contributed by atoms with Gasteiger partial charge in [-0.1, -0.05) is 40.2 Å². The standard InChI is InChI=1S/C13H10BrN3/c14-10-4-2-1-3-9(10)8-5-6-11-12(7-8)17-13(15)16-11/h1-7H,(H3,15,16,17). The fourth-order valence-electron chi connectivity index (χ4n) is 1.89. The summed E-state index contributed by atoms with van der Waals surface area (Å²) < 4.78 is 1.07. The van der Waals surface area contributed by atoms with E-state index in [1.807, 2.05) is 30.3 Å². The number of hydrogen-bond donors (Lipinski definition) is 2. The van der Waals surface area contributed by atoms with Crippen LogP contribution < -0.4 is 5.73 Å². The van der Waals surface area contributed by atoms with Crippen LogP contribution in [-0.4, -0.2) is 9.97 Å². The van der Waals surface area contributed by atoms with Crippen LogP contribution in [0.15, 0.2) is 46.9 Å². The number of imidazole rings is 1. The summed E-state index contributed by atoms with van der Waals surface area (Å²) in [7, 11) is 0. The SMILES string of the molecule is Nc1nc2cc(-c3ccccc3Br)ccc2[nH]1. The lowest BCUT2D eigenvalue weighted by Crippen LogP contribution is -1.84. The molecule has 0 radical (unpaired) electrons. The predicted molar refractivity (Wildman–Crippen MR) is 73.6 cm³/mol. The molecule has 1 heterocycles. The van der Waals surface area contributed by atoms with Crippen LogP contribution in [0.4, 0.5) is 5.95 Å². The summed E-state index contributed by atoms with van der Waals surface area (Å²) >= 11 is 3.55. The van der Waals surface area contributed by atoms with Crippen molar-refractivity contribution >= 4 is 32.9 Å². The van der Waals surface area contributed by atoms with E-state index < -0.39 is 0 Å². The first kappa shape index (κ1) is 10.4. The van der Waals surface area contributed by atoms with Crippen LogP contribution in [0.1, 0.15) is 0 Å². The average molecular weight is 288 g/mol. The Morgan fingerprint density at radius 1 is 1.12 bits per heavy atom. The minimum atomic E-state index is 0.448. The van der Waals surface area contributed by atoms with Crippen molar-refractivity contribution < 1.29 is 0 Å². The molecule has 0 bridgehead atoms. The molecule has 0 spiro atoms.